The molecule has 0 aromatic carbocycles. The zero-order chi connectivity index (χ0) is 4.28. The molecule has 0 bridgehead atoms. The second-order valence-electron chi connectivity index (χ2n) is 0.315. The van der Waals surface area contributed by atoms with Crippen LogP contribution in [0.1, 0.15) is 0 Å². The van der Waals surface area contributed by atoms with E-state index in [1.54, 1.807) is 0 Å². The Morgan fingerprint density at radius 1 is 1.80 bits per heavy atom. The molecule has 0 aromatic heterocycles. The van der Waals surface area contributed by atoms with Crippen LogP contribution in [0.4, 0.5) is 4.79 Å². The number of hydrogen-bond acceptors (Lipinski definition) is 2. The lowest BCUT2D eigenvalue weighted by Crippen LogP contribution is -1.70. The van der Waals surface area contributed by atoms with E-state index in [1.165, 1.54) is 45.6 Å². The van der Waals surface area contributed by atoms with Crippen LogP contribution in [0.5, 0.6) is 0 Å². The zero-order valence-corrected chi connectivity index (χ0v) is 6.39. The lowest BCUT2D eigenvalue weighted by Gasteiger charge is -1.73. The standard InChI is InChI=1S/CI2O2/c2-1(4)5-3. The SMILES string of the molecule is O=C(I)OI. The van der Waals surface area contributed by atoms with E-state index in [0.29, 0.717) is 0 Å². The molecular formula is CI2O2. The first-order valence-corrected chi connectivity index (χ1v) is 2.71. The molecule has 0 fully saturated rings. The summed E-state index contributed by atoms with van der Waals surface area (Å²) in [5, 5.41) is 0. The van der Waals surface area contributed by atoms with E-state index in [-0.39, 0.29) is 3.98 Å². The van der Waals surface area contributed by atoms with Gasteiger partial charge in [0, 0.05) is 0 Å². The summed E-state index contributed by atoms with van der Waals surface area (Å²) in [5.74, 6) is 0. The Bertz CT molecular complexity index is 42.9. The normalized spacial score (nSPS) is 6.80. The number of rotatable bonds is 0. The fourth-order valence-corrected chi connectivity index (χ4v) is 0. The minimum absolute atomic E-state index is 0.289. The maximum absolute atomic E-state index is 9.57. The van der Waals surface area contributed by atoms with Crippen LogP contribution in [0.15, 0.2) is 0 Å². The Morgan fingerprint density at radius 2 is 2.00 bits per heavy atom. The van der Waals surface area contributed by atoms with Crippen molar-refractivity contribution in [2.75, 3.05) is 0 Å². The van der Waals surface area contributed by atoms with E-state index >= 15 is 0 Å². The van der Waals surface area contributed by atoms with Gasteiger partial charge in [-0.3, -0.25) is 0 Å². The van der Waals surface area contributed by atoms with Crippen molar-refractivity contribution >= 4 is 49.6 Å². The van der Waals surface area contributed by atoms with Gasteiger partial charge in [-0.1, -0.05) is 0 Å². The summed E-state index contributed by atoms with van der Waals surface area (Å²) in [6, 6.07) is 0. The van der Waals surface area contributed by atoms with Gasteiger partial charge in [-0.25, -0.2) is 4.79 Å². The molecule has 0 aliphatic heterocycles. The fraction of sp³-hybridized carbons (Fsp3) is 0. The molecular weight excluding hydrogens is 298 g/mol. The van der Waals surface area contributed by atoms with Gasteiger partial charge in [-0.15, -0.1) is 0 Å². The molecule has 0 saturated heterocycles. The average molecular weight is 298 g/mol. The number of carbonyl (C=O) groups is 1. The summed E-state index contributed by atoms with van der Waals surface area (Å²) < 4.78 is 3.78. The molecule has 2 nitrogen and oxygen atoms in total. The molecule has 0 radical (unpaired) electrons. The quantitative estimate of drug-likeness (QED) is 0.504. The van der Waals surface area contributed by atoms with Crippen molar-refractivity contribution in [2.45, 2.75) is 0 Å². The van der Waals surface area contributed by atoms with Gasteiger partial charge in [-0.05, 0) is 0 Å². The van der Waals surface area contributed by atoms with Gasteiger partial charge in [0.15, 0.2) is 23.0 Å². The van der Waals surface area contributed by atoms with Crippen molar-refractivity contribution in [3.63, 3.8) is 0 Å². The third-order valence-electron chi connectivity index (χ3n) is 0.0607. The first-order chi connectivity index (χ1) is 2.27. The molecule has 0 heterocycles. The third kappa shape index (κ3) is 4.93. The molecule has 0 N–H and O–H groups in total. The molecule has 5 heavy (non-hydrogen) atoms. The first kappa shape index (κ1) is 5.93. The van der Waals surface area contributed by atoms with Crippen molar-refractivity contribution < 1.29 is 7.86 Å². The molecule has 0 aliphatic carbocycles. The minimum Gasteiger partial charge on any atom is -0.387 e. The second-order valence-corrected chi connectivity index (χ2v) is 1.64. The molecule has 0 atom stereocenters. The van der Waals surface area contributed by atoms with Crippen molar-refractivity contribution in [3.05, 3.63) is 0 Å². The molecule has 0 rings (SSSR count). The van der Waals surface area contributed by atoms with Crippen LogP contribution in [-0.4, -0.2) is 3.98 Å². The zero-order valence-electron chi connectivity index (χ0n) is 2.07. The second kappa shape index (κ2) is 3.13. The van der Waals surface area contributed by atoms with E-state index in [0.717, 1.165) is 0 Å². The molecule has 0 saturated carbocycles. The van der Waals surface area contributed by atoms with Crippen molar-refractivity contribution in [2.24, 2.45) is 0 Å². The topological polar surface area (TPSA) is 26.3 Å². The molecule has 0 amide bonds. The van der Waals surface area contributed by atoms with E-state index in [4.69, 9.17) is 0 Å². The summed E-state index contributed by atoms with van der Waals surface area (Å²) in [5.41, 5.74) is 0. The molecule has 0 unspecified atom stereocenters. The Kier molecular flexibility index (Phi) is 3.72. The maximum Gasteiger partial charge on any atom is 0.376 e. The van der Waals surface area contributed by atoms with Gasteiger partial charge < -0.3 is 3.07 Å². The average Bonchev–Trinajstić information content (AvgIpc) is 1.38. The lowest BCUT2D eigenvalue weighted by molar-refractivity contribution is 0.242. The van der Waals surface area contributed by atoms with Gasteiger partial charge >= 0.3 is 3.98 Å². The van der Waals surface area contributed by atoms with E-state index in [2.05, 4.69) is 3.07 Å². The summed E-state index contributed by atoms with van der Waals surface area (Å²) in [6.45, 7) is 0. The highest BCUT2D eigenvalue weighted by atomic mass is 127. The first-order valence-electron chi connectivity index (χ1n) is 0.752. The van der Waals surface area contributed by atoms with E-state index in [1.807, 2.05) is 0 Å². The Labute approximate surface area is 57.1 Å². The van der Waals surface area contributed by atoms with Crippen molar-refractivity contribution in [3.8, 4) is 0 Å². The summed E-state index contributed by atoms with van der Waals surface area (Å²) in [4.78, 5) is 9.57. The van der Waals surface area contributed by atoms with Crippen molar-refractivity contribution in [1.29, 1.82) is 0 Å². The summed E-state index contributed by atoms with van der Waals surface area (Å²) in [6.07, 6.45) is 0. The highest BCUT2D eigenvalue weighted by molar-refractivity contribution is 14.1. The molecule has 4 heteroatoms. The lowest BCUT2D eigenvalue weighted by atomic mass is 11.7. The van der Waals surface area contributed by atoms with Gasteiger partial charge in [0.2, 0.25) is 0 Å². The Balaban J connectivity index is 2.85. The van der Waals surface area contributed by atoms with Crippen LogP contribution >= 0.6 is 45.6 Å². The molecule has 30 valence electrons. The monoisotopic (exact) mass is 298 g/mol. The Hall–Kier alpha value is 0.930. The van der Waals surface area contributed by atoms with Gasteiger partial charge in [-0.2, -0.15) is 0 Å². The van der Waals surface area contributed by atoms with Gasteiger partial charge in [0.05, 0.1) is 22.6 Å². The predicted molar refractivity (Wildman–Crippen MR) is 34.5 cm³/mol. The molecule has 0 aliphatic rings. The van der Waals surface area contributed by atoms with Crippen LogP contribution < -0.4 is 0 Å². The van der Waals surface area contributed by atoms with Crippen LogP contribution in [0.25, 0.3) is 0 Å². The molecule has 0 aromatic rings. The van der Waals surface area contributed by atoms with E-state index in [9.17, 15) is 4.79 Å². The van der Waals surface area contributed by atoms with Crippen LogP contribution in [0.2, 0.25) is 0 Å². The Morgan fingerprint density at radius 3 is 2.00 bits per heavy atom. The highest BCUT2D eigenvalue weighted by Gasteiger charge is 1.82. The maximum atomic E-state index is 9.57. The smallest absolute Gasteiger partial charge is 0.376 e. The summed E-state index contributed by atoms with van der Waals surface area (Å²) >= 11 is 3.06. The van der Waals surface area contributed by atoms with Crippen LogP contribution in [-0.2, 0) is 3.07 Å². The van der Waals surface area contributed by atoms with Crippen molar-refractivity contribution in [1.82, 2.24) is 0 Å². The minimum atomic E-state index is -0.289. The molecule has 0 spiro atoms. The number of carbonyl (C=O) groups excluding carboxylic acids is 1. The van der Waals surface area contributed by atoms with Crippen LogP contribution in [0, 0.1) is 0 Å². The van der Waals surface area contributed by atoms with Gasteiger partial charge in [0.25, 0.3) is 0 Å². The summed E-state index contributed by atoms with van der Waals surface area (Å²) in [7, 11) is 0. The number of hydrogen-bond donors (Lipinski definition) is 0. The third-order valence-corrected chi connectivity index (χ3v) is 1.52. The number of halogens is 2. The van der Waals surface area contributed by atoms with Crippen LogP contribution in [0.3, 0.4) is 0 Å². The van der Waals surface area contributed by atoms with Gasteiger partial charge in [0.1, 0.15) is 0 Å². The highest BCUT2D eigenvalue weighted by Crippen LogP contribution is 1.95. The predicted octanol–water partition coefficient (Wildman–Crippen LogP) is 1.91. The van der Waals surface area contributed by atoms with E-state index < -0.39 is 0 Å². The largest absolute Gasteiger partial charge is 0.387 e. The fourth-order valence-electron chi connectivity index (χ4n) is 0.